The summed E-state index contributed by atoms with van der Waals surface area (Å²) in [5.74, 6) is -0.480. The number of nitrogens with zero attached hydrogens (tertiary/aromatic N) is 2. The lowest BCUT2D eigenvalue weighted by Crippen LogP contribution is -2.14. The zero-order chi connectivity index (χ0) is 18.0. The van der Waals surface area contributed by atoms with Crippen LogP contribution in [0.5, 0.6) is 0 Å². The van der Waals surface area contributed by atoms with E-state index in [0.717, 1.165) is 9.54 Å². The highest BCUT2D eigenvalue weighted by Crippen LogP contribution is 2.30. The van der Waals surface area contributed by atoms with E-state index in [1.807, 2.05) is 6.92 Å². The first kappa shape index (κ1) is 17.3. The molecule has 0 amide bonds. The van der Waals surface area contributed by atoms with E-state index in [1.54, 1.807) is 37.4 Å². The van der Waals surface area contributed by atoms with Gasteiger partial charge in [0.2, 0.25) is 0 Å². The molecule has 1 unspecified atom stereocenters. The van der Waals surface area contributed by atoms with Gasteiger partial charge in [-0.15, -0.1) is 0 Å². The van der Waals surface area contributed by atoms with Gasteiger partial charge in [0, 0.05) is 30.2 Å². The molecule has 25 heavy (non-hydrogen) atoms. The van der Waals surface area contributed by atoms with Gasteiger partial charge in [-0.05, 0) is 49.9 Å². The second-order valence-corrected chi connectivity index (χ2v) is 7.45. The zero-order valence-electron chi connectivity index (χ0n) is 13.8. The maximum Gasteiger partial charge on any atom is 0.269 e. The molecule has 0 fully saturated rings. The number of rotatable bonds is 5. The SMILES string of the molecule is CNC(C)c1cc(-c2ccccc2F)n(S(=O)(=O)c2cccnc2)c1. The van der Waals surface area contributed by atoms with Crippen molar-refractivity contribution in [2.75, 3.05) is 7.05 Å². The Morgan fingerprint density at radius 3 is 2.60 bits per heavy atom. The molecule has 2 aromatic heterocycles. The van der Waals surface area contributed by atoms with Crippen LogP contribution in [0.2, 0.25) is 0 Å². The maximum atomic E-state index is 14.3. The highest BCUT2D eigenvalue weighted by Gasteiger charge is 2.24. The molecule has 1 aromatic carbocycles. The summed E-state index contributed by atoms with van der Waals surface area (Å²) in [5, 5.41) is 3.06. The van der Waals surface area contributed by atoms with Crippen LogP contribution in [-0.2, 0) is 10.0 Å². The largest absolute Gasteiger partial charge is 0.313 e. The van der Waals surface area contributed by atoms with E-state index in [9.17, 15) is 12.8 Å². The quantitative estimate of drug-likeness (QED) is 0.760. The van der Waals surface area contributed by atoms with Crippen LogP contribution in [0.15, 0.2) is 66.0 Å². The Morgan fingerprint density at radius 1 is 1.20 bits per heavy atom. The minimum absolute atomic E-state index is 0.0480. The maximum absolute atomic E-state index is 14.3. The topological polar surface area (TPSA) is 64.0 Å². The van der Waals surface area contributed by atoms with Gasteiger partial charge >= 0.3 is 0 Å². The van der Waals surface area contributed by atoms with Crippen LogP contribution in [0.4, 0.5) is 4.39 Å². The van der Waals surface area contributed by atoms with E-state index in [-0.39, 0.29) is 22.2 Å². The Labute approximate surface area is 146 Å². The zero-order valence-corrected chi connectivity index (χ0v) is 14.7. The van der Waals surface area contributed by atoms with Gasteiger partial charge in [0.05, 0.1) is 5.69 Å². The van der Waals surface area contributed by atoms with Crippen molar-refractivity contribution in [2.24, 2.45) is 0 Å². The summed E-state index contributed by atoms with van der Waals surface area (Å²) >= 11 is 0. The van der Waals surface area contributed by atoms with E-state index in [1.165, 1.54) is 30.7 Å². The second-order valence-electron chi connectivity index (χ2n) is 5.64. The molecule has 7 heteroatoms. The van der Waals surface area contributed by atoms with Gasteiger partial charge in [0.1, 0.15) is 10.7 Å². The molecular weight excluding hydrogens is 341 g/mol. The van der Waals surface area contributed by atoms with Crippen molar-refractivity contribution in [3.63, 3.8) is 0 Å². The molecule has 0 bridgehead atoms. The lowest BCUT2D eigenvalue weighted by Gasteiger charge is -2.11. The molecule has 130 valence electrons. The molecule has 1 N–H and O–H groups in total. The summed E-state index contributed by atoms with van der Waals surface area (Å²) < 4.78 is 41.5. The minimum atomic E-state index is -3.90. The Hall–Kier alpha value is -2.51. The molecule has 0 aliphatic rings. The van der Waals surface area contributed by atoms with Crippen LogP contribution in [0, 0.1) is 5.82 Å². The predicted molar refractivity (Wildman–Crippen MR) is 94.1 cm³/mol. The molecule has 3 aromatic rings. The van der Waals surface area contributed by atoms with Gasteiger partial charge in [0.25, 0.3) is 10.0 Å². The van der Waals surface area contributed by atoms with Crippen molar-refractivity contribution in [2.45, 2.75) is 17.9 Å². The second kappa shape index (κ2) is 6.78. The molecule has 1 atom stereocenters. The number of nitrogens with one attached hydrogen (secondary N) is 1. The third-order valence-corrected chi connectivity index (χ3v) is 5.74. The van der Waals surface area contributed by atoms with Gasteiger partial charge in [-0.1, -0.05) is 12.1 Å². The van der Waals surface area contributed by atoms with Crippen LogP contribution in [0.3, 0.4) is 0 Å². The Bertz CT molecular complexity index is 985. The Kier molecular flexibility index (Phi) is 4.69. The van der Waals surface area contributed by atoms with Crippen molar-refractivity contribution in [3.8, 4) is 11.3 Å². The summed E-state index contributed by atoms with van der Waals surface area (Å²) in [6, 6.07) is 10.7. The smallest absolute Gasteiger partial charge is 0.269 e. The average Bonchev–Trinajstić information content (AvgIpc) is 3.08. The Morgan fingerprint density at radius 2 is 1.96 bits per heavy atom. The van der Waals surface area contributed by atoms with Crippen molar-refractivity contribution in [1.29, 1.82) is 0 Å². The van der Waals surface area contributed by atoms with Crippen molar-refractivity contribution in [3.05, 3.63) is 72.4 Å². The molecule has 0 radical (unpaired) electrons. The average molecular weight is 359 g/mol. The van der Waals surface area contributed by atoms with Crippen LogP contribution < -0.4 is 5.32 Å². The van der Waals surface area contributed by atoms with Gasteiger partial charge in [-0.3, -0.25) is 4.98 Å². The highest BCUT2D eigenvalue weighted by atomic mass is 32.2. The molecule has 2 heterocycles. The summed E-state index contributed by atoms with van der Waals surface area (Å²) in [6.07, 6.45) is 4.30. The minimum Gasteiger partial charge on any atom is -0.313 e. The third kappa shape index (κ3) is 3.20. The summed E-state index contributed by atoms with van der Waals surface area (Å²) in [6.45, 7) is 1.90. The molecule has 0 aliphatic carbocycles. The fraction of sp³-hybridized carbons (Fsp3) is 0.167. The number of benzene rings is 1. The molecule has 0 saturated carbocycles. The molecular formula is C18H18FN3O2S. The van der Waals surface area contributed by atoms with Gasteiger partial charge in [-0.25, -0.2) is 16.8 Å². The van der Waals surface area contributed by atoms with Crippen LogP contribution in [-0.4, -0.2) is 24.4 Å². The van der Waals surface area contributed by atoms with E-state index in [4.69, 9.17) is 0 Å². The molecule has 5 nitrogen and oxygen atoms in total. The molecule has 0 saturated heterocycles. The monoisotopic (exact) mass is 359 g/mol. The summed E-state index contributed by atoms with van der Waals surface area (Å²) in [4.78, 5) is 3.92. The molecule has 0 aliphatic heterocycles. The summed E-state index contributed by atoms with van der Waals surface area (Å²) in [5.41, 5.74) is 1.25. The normalized spacial score (nSPS) is 12.9. The predicted octanol–water partition coefficient (Wildman–Crippen LogP) is 3.21. The number of pyridine rings is 1. The fourth-order valence-corrected chi connectivity index (χ4v) is 3.89. The number of hydrogen-bond acceptors (Lipinski definition) is 4. The van der Waals surface area contributed by atoms with Crippen molar-refractivity contribution in [1.82, 2.24) is 14.3 Å². The van der Waals surface area contributed by atoms with Crippen molar-refractivity contribution < 1.29 is 12.8 Å². The lowest BCUT2D eigenvalue weighted by molar-refractivity contribution is 0.586. The van der Waals surface area contributed by atoms with E-state index < -0.39 is 15.8 Å². The van der Waals surface area contributed by atoms with Gasteiger partial charge in [0.15, 0.2) is 0 Å². The molecule has 0 spiro atoms. The Balaban J connectivity index is 2.25. The highest BCUT2D eigenvalue weighted by molar-refractivity contribution is 7.90. The van der Waals surface area contributed by atoms with Gasteiger partial charge < -0.3 is 5.32 Å². The first-order valence-electron chi connectivity index (χ1n) is 7.75. The fourth-order valence-electron chi connectivity index (χ4n) is 2.54. The van der Waals surface area contributed by atoms with Gasteiger partial charge in [-0.2, -0.15) is 0 Å². The first-order valence-corrected chi connectivity index (χ1v) is 9.19. The standard InChI is InChI=1S/C18H18FN3O2S/c1-13(20-2)14-10-18(16-7-3-4-8-17(16)19)22(12-14)25(23,24)15-6-5-9-21-11-15/h3-13,20H,1-2H3. The first-order chi connectivity index (χ1) is 11.9. The third-order valence-electron chi connectivity index (χ3n) is 4.08. The number of halogens is 1. The van der Waals surface area contributed by atoms with Crippen molar-refractivity contribution >= 4 is 10.0 Å². The number of hydrogen-bond donors (Lipinski definition) is 1. The summed E-state index contributed by atoms with van der Waals surface area (Å²) in [7, 11) is -2.12. The van der Waals surface area contributed by atoms with Crippen LogP contribution in [0.25, 0.3) is 11.3 Å². The molecule has 3 rings (SSSR count). The van der Waals surface area contributed by atoms with E-state index >= 15 is 0 Å². The lowest BCUT2D eigenvalue weighted by atomic mass is 10.1. The van der Waals surface area contributed by atoms with Crippen LogP contribution in [0.1, 0.15) is 18.5 Å². The van der Waals surface area contributed by atoms with E-state index in [2.05, 4.69) is 10.3 Å². The van der Waals surface area contributed by atoms with E-state index in [0.29, 0.717) is 0 Å². The van der Waals surface area contributed by atoms with Crippen LogP contribution >= 0.6 is 0 Å². The number of aromatic nitrogens is 2.